The third kappa shape index (κ3) is 2.79. The number of benzene rings is 1. The van der Waals surface area contributed by atoms with E-state index in [0.717, 1.165) is 18.2 Å². The number of nitro groups is 1. The van der Waals surface area contributed by atoms with Crippen LogP contribution in [-0.4, -0.2) is 10.8 Å². The van der Waals surface area contributed by atoms with Crippen molar-refractivity contribution in [3.05, 3.63) is 56.7 Å². The van der Waals surface area contributed by atoms with Crippen LogP contribution in [0.1, 0.15) is 10.4 Å². The first kappa shape index (κ1) is 13.2. The maximum Gasteiger partial charge on any atom is 0.295 e. The zero-order chi connectivity index (χ0) is 14.0. The number of nitro benzene ring substituents is 1. The molecule has 19 heavy (non-hydrogen) atoms. The molecule has 0 saturated heterocycles. The minimum atomic E-state index is -0.775. The lowest BCUT2D eigenvalue weighted by Crippen LogP contribution is -2.13. The smallest absolute Gasteiger partial charge is 0.295 e. The highest BCUT2D eigenvalue weighted by atomic mass is 79.9. The molecule has 98 valence electrons. The van der Waals surface area contributed by atoms with Crippen molar-refractivity contribution >= 4 is 33.2 Å². The van der Waals surface area contributed by atoms with Crippen molar-refractivity contribution in [2.75, 3.05) is 5.32 Å². The van der Waals surface area contributed by atoms with E-state index in [1.807, 2.05) is 0 Å². The number of carbonyl (C=O) groups is 1. The number of nitrogens with one attached hydrogen (secondary N) is 1. The molecular weight excluding hydrogens is 323 g/mol. The molecule has 0 unspecified atom stereocenters. The van der Waals surface area contributed by atoms with Crippen LogP contribution < -0.4 is 5.32 Å². The summed E-state index contributed by atoms with van der Waals surface area (Å²) < 4.78 is 18.0. The van der Waals surface area contributed by atoms with Gasteiger partial charge in [-0.2, -0.15) is 0 Å². The first-order valence-corrected chi connectivity index (χ1v) is 5.76. The molecule has 1 amide bonds. The molecule has 1 aromatic heterocycles. The van der Waals surface area contributed by atoms with Crippen molar-refractivity contribution in [2.24, 2.45) is 0 Å². The fraction of sp³-hybridized carbons (Fsp3) is 0. The lowest BCUT2D eigenvalue weighted by Gasteiger charge is -2.04. The van der Waals surface area contributed by atoms with Crippen LogP contribution in [0.3, 0.4) is 0 Å². The average Bonchev–Trinajstić information content (AvgIpc) is 2.77. The summed E-state index contributed by atoms with van der Waals surface area (Å²) >= 11 is 3.02. The van der Waals surface area contributed by atoms with E-state index in [-0.39, 0.29) is 15.9 Å². The van der Waals surface area contributed by atoms with Gasteiger partial charge in [0.25, 0.3) is 11.6 Å². The van der Waals surface area contributed by atoms with Crippen LogP contribution in [0.4, 0.5) is 15.8 Å². The lowest BCUT2D eigenvalue weighted by atomic mass is 10.2. The van der Waals surface area contributed by atoms with E-state index in [4.69, 9.17) is 4.42 Å². The molecule has 1 N–H and O–H groups in total. The summed E-state index contributed by atoms with van der Waals surface area (Å²) in [7, 11) is 0. The summed E-state index contributed by atoms with van der Waals surface area (Å²) in [5.41, 5.74) is -0.434. The van der Waals surface area contributed by atoms with E-state index >= 15 is 0 Å². The van der Waals surface area contributed by atoms with Gasteiger partial charge >= 0.3 is 0 Å². The Morgan fingerprint density at radius 2 is 2.16 bits per heavy atom. The van der Waals surface area contributed by atoms with Gasteiger partial charge in [-0.05, 0) is 34.1 Å². The van der Waals surface area contributed by atoms with Crippen molar-refractivity contribution in [1.29, 1.82) is 0 Å². The second kappa shape index (κ2) is 5.19. The minimum absolute atomic E-state index is 0.0931. The topological polar surface area (TPSA) is 85.4 Å². The number of hydrogen-bond acceptors (Lipinski definition) is 4. The summed E-state index contributed by atoms with van der Waals surface area (Å²) in [6.45, 7) is 0. The number of hydrogen-bond donors (Lipinski definition) is 1. The van der Waals surface area contributed by atoms with Crippen molar-refractivity contribution in [1.82, 2.24) is 0 Å². The Hall–Kier alpha value is -2.22. The van der Waals surface area contributed by atoms with Gasteiger partial charge in [0, 0.05) is 0 Å². The number of carbonyl (C=O) groups excluding carboxylic acids is 1. The van der Waals surface area contributed by atoms with E-state index in [1.165, 1.54) is 12.3 Å². The van der Waals surface area contributed by atoms with Crippen LogP contribution in [0.5, 0.6) is 0 Å². The zero-order valence-corrected chi connectivity index (χ0v) is 10.8. The molecule has 0 aliphatic rings. The van der Waals surface area contributed by atoms with Crippen molar-refractivity contribution < 1.29 is 18.5 Å². The fourth-order valence-corrected chi connectivity index (χ4v) is 1.83. The van der Waals surface area contributed by atoms with Gasteiger partial charge in [-0.1, -0.05) is 0 Å². The Bertz CT molecular complexity index is 656. The molecule has 0 radical (unpaired) electrons. The molecule has 0 aliphatic heterocycles. The van der Waals surface area contributed by atoms with Gasteiger partial charge in [-0.3, -0.25) is 14.9 Å². The first-order chi connectivity index (χ1) is 8.99. The molecule has 0 fully saturated rings. The molecule has 0 atom stereocenters. The van der Waals surface area contributed by atoms with E-state index < -0.39 is 22.3 Å². The Morgan fingerprint density at radius 1 is 1.42 bits per heavy atom. The molecule has 6 nitrogen and oxygen atoms in total. The van der Waals surface area contributed by atoms with E-state index in [1.54, 1.807) is 0 Å². The maximum absolute atomic E-state index is 12.9. The highest BCUT2D eigenvalue weighted by molar-refractivity contribution is 9.10. The summed E-state index contributed by atoms with van der Waals surface area (Å²) in [6.07, 6.45) is 1.29. The molecule has 1 heterocycles. The highest BCUT2D eigenvalue weighted by Crippen LogP contribution is 2.26. The number of halogens is 2. The molecule has 0 aliphatic carbocycles. The van der Waals surface area contributed by atoms with Crippen LogP contribution in [0.15, 0.2) is 39.6 Å². The van der Waals surface area contributed by atoms with Crippen molar-refractivity contribution in [3.8, 4) is 0 Å². The monoisotopic (exact) mass is 328 g/mol. The molecule has 2 rings (SSSR count). The number of nitrogens with zero attached hydrogens (tertiary/aromatic N) is 1. The molecule has 1 aromatic carbocycles. The molecule has 0 saturated carbocycles. The second-order valence-electron chi connectivity index (χ2n) is 3.48. The summed E-state index contributed by atoms with van der Waals surface area (Å²) in [4.78, 5) is 21.8. The van der Waals surface area contributed by atoms with E-state index in [0.29, 0.717) is 0 Å². The van der Waals surface area contributed by atoms with Crippen LogP contribution in [0, 0.1) is 15.9 Å². The number of amides is 1. The van der Waals surface area contributed by atoms with Gasteiger partial charge in [0.1, 0.15) is 11.5 Å². The van der Waals surface area contributed by atoms with E-state index in [2.05, 4.69) is 21.2 Å². The minimum Gasteiger partial charge on any atom is -0.457 e. The van der Waals surface area contributed by atoms with Gasteiger partial charge in [0.2, 0.25) is 0 Å². The van der Waals surface area contributed by atoms with E-state index in [9.17, 15) is 19.3 Å². The number of anilines is 1. The highest BCUT2D eigenvalue weighted by Gasteiger charge is 2.19. The fourth-order valence-electron chi connectivity index (χ4n) is 1.41. The standard InChI is InChI=1S/C11H6BrFN2O4/c12-10-7(3-4-19-10)11(16)14-8-2-1-6(13)5-9(8)15(17)18/h1-5H,(H,14,16). The van der Waals surface area contributed by atoms with Crippen LogP contribution in [0.2, 0.25) is 0 Å². The predicted molar refractivity (Wildman–Crippen MR) is 67.4 cm³/mol. The molecular formula is C11H6BrFN2O4. The number of rotatable bonds is 3. The number of furan rings is 1. The van der Waals surface area contributed by atoms with Gasteiger partial charge in [-0.25, -0.2) is 4.39 Å². The van der Waals surface area contributed by atoms with Gasteiger partial charge in [-0.15, -0.1) is 0 Å². The summed E-state index contributed by atoms with van der Waals surface area (Å²) in [5, 5.41) is 13.1. The van der Waals surface area contributed by atoms with Crippen LogP contribution in [0.25, 0.3) is 0 Å². The Morgan fingerprint density at radius 3 is 2.74 bits per heavy atom. The SMILES string of the molecule is O=C(Nc1ccc(F)cc1[N+](=O)[O-])c1ccoc1Br. The first-order valence-electron chi connectivity index (χ1n) is 4.97. The van der Waals surface area contributed by atoms with Gasteiger partial charge in [0.05, 0.1) is 22.8 Å². The Kier molecular flexibility index (Phi) is 3.61. The molecule has 0 bridgehead atoms. The second-order valence-corrected chi connectivity index (χ2v) is 4.20. The van der Waals surface area contributed by atoms with Gasteiger partial charge in [0.15, 0.2) is 4.67 Å². The quantitative estimate of drug-likeness (QED) is 0.691. The third-order valence-corrected chi connectivity index (χ3v) is 2.88. The third-order valence-electron chi connectivity index (χ3n) is 2.27. The molecule has 0 spiro atoms. The summed E-state index contributed by atoms with van der Waals surface area (Å²) in [5.74, 6) is -1.36. The summed E-state index contributed by atoms with van der Waals surface area (Å²) in [6, 6.07) is 4.28. The van der Waals surface area contributed by atoms with Crippen LogP contribution >= 0.6 is 15.9 Å². The van der Waals surface area contributed by atoms with Gasteiger partial charge < -0.3 is 9.73 Å². The molecule has 2 aromatic rings. The normalized spacial score (nSPS) is 10.2. The molecule has 8 heteroatoms. The average molecular weight is 329 g/mol. The Balaban J connectivity index is 2.32. The van der Waals surface area contributed by atoms with Crippen molar-refractivity contribution in [3.63, 3.8) is 0 Å². The van der Waals surface area contributed by atoms with Crippen molar-refractivity contribution in [2.45, 2.75) is 0 Å². The van der Waals surface area contributed by atoms with Crippen LogP contribution in [-0.2, 0) is 0 Å². The lowest BCUT2D eigenvalue weighted by molar-refractivity contribution is -0.384. The maximum atomic E-state index is 12.9. The largest absolute Gasteiger partial charge is 0.457 e. The zero-order valence-electron chi connectivity index (χ0n) is 9.22. The predicted octanol–water partition coefficient (Wildman–Crippen LogP) is 3.34. The Labute approximate surface area is 114 Å².